The molecular formula is C10H12F3N7. The second kappa shape index (κ2) is 5.33. The standard InChI is InChI=1S/C10H12F3N7/c11-10(12,13)4-17-7-2-1-6(3-16-7)20-5-18-8(14)19-9(20)15/h1-3,5,9H,4,15H2,(H2,14,19)(H,16,17). The number of aliphatic imine (C=N–C) groups is 2. The highest BCUT2D eigenvalue weighted by atomic mass is 19.4. The van der Waals surface area contributed by atoms with E-state index in [-0.39, 0.29) is 11.8 Å². The smallest absolute Gasteiger partial charge is 0.368 e. The average Bonchev–Trinajstić information content (AvgIpc) is 2.36. The van der Waals surface area contributed by atoms with Crippen molar-refractivity contribution in [3.63, 3.8) is 0 Å². The van der Waals surface area contributed by atoms with Gasteiger partial charge in [-0.2, -0.15) is 13.2 Å². The molecule has 1 aliphatic rings. The first-order valence-electron chi connectivity index (χ1n) is 5.53. The van der Waals surface area contributed by atoms with Crippen LogP contribution in [0.1, 0.15) is 0 Å². The van der Waals surface area contributed by atoms with Crippen LogP contribution in [-0.2, 0) is 0 Å². The zero-order valence-corrected chi connectivity index (χ0v) is 10.2. The molecule has 1 aromatic rings. The number of alkyl halides is 3. The van der Waals surface area contributed by atoms with Gasteiger partial charge in [0.1, 0.15) is 18.7 Å². The van der Waals surface area contributed by atoms with Crippen LogP contribution in [-0.4, -0.2) is 36.3 Å². The highest BCUT2D eigenvalue weighted by Gasteiger charge is 2.26. The van der Waals surface area contributed by atoms with Gasteiger partial charge in [0.25, 0.3) is 0 Å². The number of aromatic nitrogens is 1. The zero-order chi connectivity index (χ0) is 14.8. The van der Waals surface area contributed by atoms with Crippen LogP contribution in [0.4, 0.5) is 24.7 Å². The molecule has 0 saturated carbocycles. The topological polar surface area (TPSA) is 105 Å². The van der Waals surface area contributed by atoms with E-state index in [0.29, 0.717) is 5.69 Å². The van der Waals surface area contributed by atoms with E-state index in [1.807, 2.05) is 0 Å². The monoisotopic (exact) mass is 287 g/mol. The van der Waals surface area contributed by atoms with E-state index in [1.54, 1.807) is 6.07 Å². The molecule has 5 N–H and O–H groups in total. The van der Waals surface area contributed by atoms with Crippen molar-refractivity contribution < 1.29 is 13.2 Å². The van der Waals surface area contributed by atoms with Crippen LogP contribution in [0.5, 0.6) is 0 Å². The normalized spacial score (nSPS) is 18.9. The fraction of sp³-hybridized carbons (Fsp3) is 0.300. The maximum absolute atomic E-state index is 12.0. The van der Waals surface area contributed by atoms with E-state index in [2.05, 4.69) is 20.3 Å². The number of nitrogens with zero attached hydrogens (tertiary/aromatic N) is 4. The van der Waals surface area contributed by atoms with Gasteiger partial charge >= 0.3 is 6.18 Å². The van der Waals surface area contributed by atoms with E-state index in [1.165, 1.54) is 23.5 Å². The van der Waals surface area contributed by atoms with Gasteiger partial charge in [-0.1, -0.05) is 0 Å². The number of guanidine groups is 1. The van der Waals surface area contributed by atoms with Crippen molar-refractivity contribution in [3.05, 3.63) is 18.3 Å². The summed E-state index contributed by atoms with van der Waals surface area (Å²) in [6, 6.07) is 2.96. The van der Waals surface area contributed by atoms with Crippen molar-refractivity contribution in [2.24, 2.45) is 21.5 Å². The largest absolute Gasteiger partial charge is 0.405 e. The van der Waals surface area contributed by atoms with Gasteiger partial charge in [0, 0.05) is 0 Å². The molecule has 0 spiro atoms. The Hall–Kier alpha value is -2.36. The second-order valence-electron chi connectivity index (χ2n) is 3.92. The number of nitrogens with one attached hydrogen (secondary N) is 1. The SMILES string of the molecule is NC1=NC(N)N(c2ccc(NCC(F)(F)F)nc2)C=N1. The Morgan fingerprint density at radius 3 is 2.65 bits per heavy atom. The summed E-state index contributed by atoms with van der Waals surface area (Å²) in [6.45, 7) is -1.15. The summed E-state index contributed by atoms with van der Waals surface area (Å²) in [5, 5.41) is 2.17. The molecule has 1 aliphatic heterocycles. The molecule has 1 atom stereocenters. The van der Waals surface area contributed by atoms with Crippen LogP contribution in [0.25, 0.3) is 0 Å². The summed E-state index contributed by atoms with van der Waals surface area (Å²) in [6.07, 6.45) is -2.30. The third kappa shape index (κ3) is 3.57. The molecule has 0 fully saturated rings. The minimum atomic E-state index is -4.30. The summed E-state index contributed by atoms with van der Waals surface area (Å²) in [7, 11) is 0. The lowest BCUT2D eigenvalue weighted by molar-refractivity contribution is -0.115. The lowest BCUT2D eigenvalue weighted by atomic mass is 10.3. The molecule has 1 aromatic heterocycles. The molecular weight excluding hydrogens is 275 g/mol. The van der Waals surface area contributed by atoms with Crippen LogP contribution < -0.4 is 21.7 Å². The van der Waals surface area contributed by atoms with Crippen LogP contribution in [0.15, 0.2) is 28.3 Å². The van der Waals surface area contributed by atoms with Crippen LogP contribution >= 0.6 is 0 Å². The summed E-state index contributed by atoms with van der Waals surface area (Å²) in [5.74, 6) is 0.168. The maximum Gasteiger partial charge on any atom is 0.405 e. The van der Waals surface area contributed by atoms with Gasteiger partial charge in [-0.15, -0.1) is 0 Å². The van der Waals surface area contributed by atoms with Gasteiger partial charge in [-0.25, -0.2) is 15.0 Å². The summed E-state index contributed by atoms with van der Waals surface area (Å²) >= 11 is 0. The van der Waals surface area contributed by atoms with Gasteiger partial charge in [0.15, 0.2) is 6.29 Å². The Bertz CT molecular complexity index is 523. The van der Waals surface area contributed by atoms with Crippen LogP contribution in [0.2, 0.25) is 0 Å². The van der Waals surface area contributed by atoms with Crippen LogP contribution in [0.3, 0.4) is 0 Å². The molecule has 0 aromatic carbocycles. The minimum absolute atomic E-state index is 0.0603. The maximum atomic E-state index is 12.0. The van der Waals surface area contributed by atoms with E-state index in [0.717, 1.165) is 0 Å². The number of rotatable bonds is 3. The first kappa shape index (κ1) is 14.1. The lowest BCUT2D eigenvalue weighted by Crippen LogP contribution is -2.44. The Kier molecular flexibility index (Phi) is 3.74. The fourth-order valence-corrected chi connectivity index (χ4v) is 1.47. The van der Waals surface area contributed by atoms with Gasteiger partial charge in [0.2, 0.25) is 5.96 Å². The first-order chi connectivity index (χ1) is 9.35. The molecule has 0 aliphatic carbocycles. The first-order valence-corrected chi connectivity index (χ1v) is 5.53. The molecule has 7 nitrogen and oxygen atoms in total. The number of hydrogen-bond donors (Lipinski definition) is 3. The second-order valence-corrected chi connectivity index (χ2v) is 3.92. The van der Waals surface area contributed by atoms with E-state index in [9.17, 15) is 13.2 Å². The van der Waals surface area contributed by atoms with Gasteiger partial charge in [-0.3, -0.25) is 10.6 Å². The number of hydrogen-bond acceptors (Lipinski definition) is 7. The van der Waals surface area contributed by atoms with E-state index < -0.39 is 19.0 Å². The third-order valence-electron chi connectivity index (χ3n) is 2.38. The molecule has 108 valence electrons. The number of anilines is 2. The van der Waals surface area contributed by atoms with Crippen molar-refractivity contribution in [3.8, 4) is 0 Å². The van der Waals surface area contributed by atoms with Crippen LogP contribution in [0, 0.1) is 0 Å². The van der Waals surface area contributed by atoms with Crippen molar-refractivity contribution in [1.82, 2.24) is 4.98 Å². The van der Waals surface area contributed by atoms with E-state index in [4.69, 9.17) is 11.5 Å². The van der Waals surface area contributed by atoms with E-state index >= 15 is 0 Å². The van der Waals surface area contributed by atoms with Crippen molar-refractivity contribution in [2.45, 2.75) is 12.5 Å². The summed E-state index contributed by atoms with van der Waals surface area (Å²) in [5.41, 5.74) is 11.7. The third-order valence-corrected chi connectivity index (χ3v) is 2.38. The predicted octanol–water partition coefficient (Wildman–Crippen LogP) is 0.461. The average molecular weight is 287 g/mol. The van der Waals surface area contributed by atoms with Gasteiger partial charge < -0.3 is 11.1 Å². The molecule has 0 radical (unpaired) electrons. The molecule has 1 unspecified atom stereocenters. The molecule has 0 saturated heterocycles. The number of pyridine rings is 1. The molecule has 20 heavy (non-hydrogen) atoms. The molecule has 2 heterocycles. The summed E-state index contributed by atoms with van der Waals surface area (Å²) < 4.78 is 36.1. The molecule has 10 heteroatoms. The molecule has 0 amide bonds. The summed E-state index contributed by atoms with van der Waals surface area (Å²) in [4.78, 5) is 13.0. The fourth-order valence-electron chi connectivity index (χ4n) is 1.47. The highest BCUT2D eigenvalue weighted by molar-refractivity contribution is 5.94. The number of nitrogens with two attached hydrogens (primary N) is 2. The predicted molar refractivity (Wildman–Crippen MR) is 69.4 cm³/mol. The number of halogens is 3. The van der Waals surface area contributed by atoms with Crippen molar-refractivity contribution in [1.29, 1.82) is 0 Å². The highest BCUT2D eigenvalue weighted by Crippen LogP contribution is 2.19. The Morgan fingerprint density at radius 1 is 1.35 bits per heavy atom. The van der Waals surface area contributed by atoms with Crippen molar-refractivity contribution in [2.75, 3.05) is 16.8 Å². The van der Waals surface area contributed by atoms with Gasteiger partial charge in [0.05, 0.1) is 11.9 Å². The Labute approximate surface area is 112 Å². The van der Waals surface area contributed by atoms with Crippen molar-refractivity contribution >= 4 is 23.8 Å². The zero-order valence-electron chi connectivity index (χ0n) is 10.2. The van der Waals surface area contributed by atoms with Gasteiger partial charge in [-0.05, 0) is 12.1 Å². The Balaban J connectivity index is 2.04. The molecule has 2 rings (SSSR count). The Morgan fingerprint density at radius 2 is 2.10 bits per heavy atom. The lowest BCUT2D eigenvalue weighted by Gasteiger charge is -2.25. The molecule has 0 bridgehead atoms. The quantitative estimate of drug-likeness (QED) is 0.749. The minimum Gasteiger partial charge on any atom is -0.368 e.